The maximum absolute atomic E-state index is 3.53. The molecule has 1 atom stereocenters. The zero-order chi connectivity index (χ0) is 8.97. The molecule has 0 heterocycles. The standard InChI is InChI=1S/C10H14BrN/c1-3-12-8(2)9-6-4-5-7-10(9)11/h4-8,12H,3H2,1-2H3/t8-/m0/s1. The summed E-state index contributed by atoms with van der Waals surface area (Å²) in [5, 5.41) is 3.37. The lowest BCUT2D eigenvalue weighted by atomic mass is 10.1. The second-order valence-electron chi connectivity index (χ2n) is 2.80. The molecule has 0 aliphatic heterocycles. The van der Waals surface area contributed by atoms with Gasteiger partial charge in [0.25, 0.3) is 0 Å². The Labute approximate surface area is 82.3 Å². The van der Waals surface area contributed by atoms with Crippen LogP contribution in [0.4, 0.5) is 0 Å². The molecule has 0 unspecified atom stereocenters. The molecule has 1 aromatic rings. The van der Waals surface area contributed by atoms with E-state index in [1.54, 1.807) is 0 Å². The summed E-state index contributed by atoms with van der Waals surface area (Å²) >= 11 is 3.53. The molecule has 0 bridgehead atoms. The van der Waals surface area contributed by atoms with Gasteiger partial charge >= 0.3 is 0 Å². The maximum Gasteiger partial charge on any atom is 0.0302 e. The van der Waals surface area contributed by atoms with Gasteiger partial charge in [-0.2, -0.15) is 0 Å². The molecule has 1 nitrogen and oxygen atoms in total. The quantitative estimate of drug-likeness (QED) is 0.838. The van der Waals surface area contributed by atoms with Crippen LogP contribution in [0.3, 0.4) is 0 Å². The van der Waals surface area contributed by atoms with Gasteiger partial charge in [-0.05, 0) is 25.1 Å². The Bertz CT molecular complexity index is 247. The highest BCUT2D eigenvalue weighted by Crippen LogP contribution is 2.22. The SMILES string of the molecule is CCN[C@@H](C)c1ccccc1Br. The second-order valence-corrected chi connectivity index (χ2v) is 3.66. The van der Waals surface area contributed by atoms with Gasteiger partial charge in [0.15, 0.2) is 0 Å². The predicted octanol–water partition coefficient (Wildman–Crippen LogP) is 3.12. The van der Waals surface area contributed by atoms with Crippen LogP contribution in [0.15, 0.2) is 28.7 Å². The van der Waals surface area contributed by atoms with Crippen LogP contribution in [-0.4, -0.2) is 6.54 Å². The van der Waals surface area contributed by atoms with Crippen molar-refractivity contribution in [1.82, 2.24) is 5.32 Å². The molecule has 1 N–H and O–H groups in total. The summed E-state index contributed by atoms with van der Waals surface area (Å²) in [5.41, 5.74) is 1.32. The molecule has 0 fully saturated rings. The fourth-order valence-electron chi connectivity index (χ4n) is 1.24. The van der Waals surface area contributed by atoms with Crippen LogP contribution in [0.2, 0.25) is 0 Å². The van der Waals surface area contributed by atoms with Gasteiger partial charge in [-0.1, -0.05) is 41.1 Å². The van der Waals surface area contributed by atoms with Gasteiger partial charge in [-0.3, -0.25) is 0 Å². The molecule has 0 spiro atoms. The Hall–Kier alpha value is -0.340. The number of benzene rings is 1. The van der Waals surface area contributed by atoms with Crippen LogP contribution in [0.1, 0.15) is 25.5 Å². The van der Waals surface area contributed by atoms with Crippen molar-refractivity contribution in [3.8, 4) is 0 Å². The Morgan fingerprint density at radius 3 is 2.67 bits per heavy atom. The smallest absolute Gasteiger partial charge is 0.0302 e. The normalized spacial score (nSPS) is 12.9. The number of halogens is 1. The molecule has 0 radical (unpaired) electrons. The van der Waals surface area contributed by atoms with E-state index in [1.807, 2.05) is 6.07 Å². The van der Waals surface area contributed by atoms with Crippen LogP contribution in [0.25, 0.3) is 0 Å². The number of rotatable bonds is 3. The van der Waals surface area contributed by atoms with Crippen molar-refractivity contribution in [2.45, 2.75) is 19.9 Å². The molecule has 0 saturated carbocycles. The largest absolute Gasteiger partial charge is 0.310 e. The first-order valence-electron chi connectivity index (χ1n) is 4.23. The van der Waals surface area contributed by atoms with E-state index in [4.69, 9.17) is 0 Å². The van der Waals surface area contributed by atoms with E-state index in [-0.39, 0.29) is 0 Å². The number of nitrogens with one attached hydrogen (secondary N) is 1. The van der Waals surface area contributed by atoms with E-state index in [0.717, 1.165) is 6.54 Å². The number of hydrogen-bond acceptors (Lipinski definition) is 1. The zero-order valence-corrected chi connectivity index (χ0v) is 9.06. The summed E-state index contributed by atoms with van der Waals surface area (Å²) in [5.74, 6) is 0. The molecule has 1 aromatic carbocycles. The Kier molecular flexibility index (Phi) is 3.76. The van der Waals surface area contributed by atoms with Gasteiger partial charge in [0, 0.05) is 10.5 Å². The Morgan fingerprint density at radius 1 is 1.42 bits per heavy atom. The van der Waals surface area contributed by atoms with Crippen LogP contribution in [-0.2, 0) is 0 Å². The third-order valence-electron chi connectivity index (χ3n) is 1.88. The highest BCUT2D eigenvalue weighted by atomic mass is 79.9. The highest BCUT2D eigenvalue weighted by molar-refractivity contribution is 9.10. The lowest BCUT2D eigenvalue weighted by Crippen LogP contribution is -2.17. The Balaban J connectivity index is 2.79. The molecular weight excluding hydrogens is 214 g/mol. The summed E-state index contributed by atoms with van der Waals surface area (Å²) in [6, 6.07) is 8.73. The van der Waals surface area contributed by atoms with E-state index in [9.17, 15) is 0 Å². The minimum absolute atomic E-state index is 0.422. The van der Waals surface area contributed by atoms with E-state index < -0.39 is 0 Å². The van der Waals surface area contributed by atoms with Gasteiger partial charge in [0.2, 0.25) is 0 Å². The van der Waals surface area contributed by atoms with Crippen molar-refractivity contribution < 1.29 is 0 Å². The molecule has 12 heavy (non-hydrogen) atoms. The fourth-order valence-corrected chi connectivity index (χ4v) is 1.87. The highest BCUT2D eigenvalue weighted by Gasteiger charge is 2.05. The van der Waals surface area contributed by atoms with Gasteiger partial charge in [-0.25, -0.2) is 0 Å². The molecule has 66 valence electrons. The summed E-state index contributed by atoms with van der Waals surface area (Å²) < 4.78 is 1.18. The third-order valence-corrected chi connectivity index (χ3v) is 2.60. The van der Waals surface area contributed by atoms with E-state index >= 15 is 0 Å². The van der Waals surface area contributed by atoms with Crippen LogP contribution in [0.5, 0.6) is 0 Å². The second kappa shape index (κ2) is 4.63. The monoisotopic (exact) mass is 227 g/mol. The lowest BCUT2D eigenvalue weighted by Gasteiger charge is -2.13. The first-order valence-corrected chi connectivity index (χ1v) is 5.02. The maximum atomic E-state index is 3.53. The topological polar surface area (TPSA) is 12.0 Å². The van der Waals surface area contributed by atoms with Crippen LogP contribution >= 0.6 is 15.9 Å². The average molecular weight is 228 g/mol. The van der Waals surface area contributed by atoms with E-state index in [0.29, 0.717) is 6.04 Å². The molecule has 0 amide bonds. The van der Waals surface area contributed by atoms with Crippen LogP contribution < -0.4 is 5.32 Å². The molecule has 0 aliphatic carbocycles. The van der Waals surface area contributed by atoms with Gasteiger partial charge in [-0.15, -0.1) is 0 Å². The summed E-state index contributed by atoms with van der Waals surface area (Å²) in [6.45, 7) is 5.29. The minimum atomic E-state index is 0.422. The third kappa shape index (κ3) is 2.32. The van der Waals surface area contributed by atoms with Crippen molar-refractivity contribution in [1.29, 1.82) is 0 Å². The predicted molar refractivity (Wildman–Crippen MR) is 56.2 cm³/mol. The van der Waals surface area contributed by atoms with Gasteiger partial charge in [0.1, 0.15) is 0 Å². The van der Waals surface area contributed by atoms with Crippen molar-refractivity contribution in [2.24, 2.45) is 0 Å². The summed E-state index contributed by atoms with van der Waals surface area (Å²) in [6.07, 6.45) is 0. The molecule has 0 aromatic heterocycles. The minimum Gasteiger partial charge on any atom is -0.310 e. The van der Waals surface area contributed by atoms with Crippen molar-refractivity contribution >= 4 is 15.9 Å². The van der Waals surface area contributed by atoms with Gasteiger partial charge in [0.05, 0.1) is 0 Å². The summed E-state index contributed by atoms with van der Waals surface area (Å²) in [7, 11) is 0. The van der Waals surface area contributed by atoms with Crippen molar-refractivity contribution in [2.75, 3.05) is 6.54 Å². The number of hydrogen-bond donors (Lipinski definition) is 1. The first-order chi connectivity index (χ1) is 5.75. The summed E-state index contributed by atoms with van der Waals surface area (Å²) in [4.78, 5) is 0. The van der Waals surface area contributed by atoms with E-state index in [1.165, 1.54) is 10.0 Å². The molecule has 2 heteroatoms. The average Bonchev–Trinajstić information content (AvgIpc) is 2.05. The molecule has 0 saturated heterocycles. The lowest BCUT2D eigenvalue weighted by molar-refractivity contribution is 0.596. The molecular formula is C10H14BrN. The van der Waals surface area contributed by atoms with Crippen LogP contribution in [0, 0.1) is 0 Å². The van der Waals surface area contributed by atoms with Crippen molar-refractivity contribution in [3.05, 3.63) is 34.3 Å². The first kappa shape index (κ1) is 9.75. The van der Waals surface area contributed by atoms with E-state index in [2.05, 4.69) is 53.3 Å². The Morgan fingerprint density at radius 2 is 2.08 bits per heavy atom. The fraction of sp³-hybridized carbons (Fsp3) is 0.400. The van der Waals surface area contributed by atoms with Gasteiger partial charge < -0.3 is 5.32 Å². The zero-order valence-electron chi connectivity index (χ0n) is 7.47. The molecule has 1 rings (SSSR count). The van der Waals surface area contributed by atoms with Crippen molar-refractivity contribution in [3.63, 3.8) is 0 Å². The molecule has 0 aliphatic rings.